The highest BCUT2D eigenvalue weighted by Crippen LogP contribution is 2.45. The van der Waals surface area contributed by atoms with Crippen molar-refractivity contribution in [1.82, 2.24) is 10.2 Å². The number of hydrogen-bond donors (Lipinski definition) is 1. The molecule has 1 aromatic heterocycles. The Morgan fingerprint density at radius 1 is 1.00 bits per heavy atom. The van der Waals surface area contributed by atoms with Gasteiger partial charge in [-0.3, -0.25) is 14.5 Å². The third kappa shape index (κ3) is 6.76. The van der Waals surface area contributed by atoms with Gasteiger partial charge in [-0.05, 0) is 36.6 Å². The van der Waals surface area contributed by atoms with Gasteiger partial charge in [0.1, 0.15) is 5.76 Å². The van der Waals surface area contributed by atoms with Gasteiger partial charge in [-0.2, -0.15) is 0 Å². The van der Waals surface area contributed by atoms with Gasteiger partial charge in [0.05, 0.1) is 25.3 Å². The van der Waals surface area contributed by atoms with Crippen molar-refractivity contribution >= 4 is 45.7 Å². The maximum atomic E-state index is 13.6. The first kappa shape index (κ1) is 30.3. The number of thioether (sulfide) groups is 1. The number of aryl methyl sites for hydroxylation is 1. The van der Waals surface area contributed by atoms with Crippen LogP contribution in [0.25, 0.3) is 5.76 Å². The number of aliphatic hydroxyl groups is 1. The number of aliphatic hydroxyl groups excluding tert-OH is 1. The summed E-state index contributed by atoms with van der Waals surface area (Å²) in [5, 5.41) is 20.3. The fraction of sp³-hybridized carbons (Fsp3) is 0.273. The predicted octanol–water partition coefficient (Wildman–Crippen LogP) is 7.34. The summed E-state index contributed by atoms with van der Waals surface area (Å²) in [4.78, 5) is 28.5. The zero-order valence-electron chi connectivity index (χ0n) is 24.3. The molecule has 1 N–H and O–H groups in total. The number of carbonyl (C=O) groups excluding carboxylic acids is 2. The number of Topliss-reactive ketones (excluding diaryl/α,β-unsaturated/α-hetero) is 1. The molecular formula is C33H33N3O5S2. The largest absolute Gasteiger partial charge is 0.507 e. The minimum absolute atomic E-state index is 0.0267. The molecule has 0 aliphatic carbocycles. The normalized spacial score (nSPS) is 16.1. The number of aromatic nitrogens is 2. The molecule has 4 aromatic rings. The number of benzene rings is 3. The fourth-order valence-electron chi connectivity index (χ4n) is 4.80. The van der Waals surface area contributed by atoms with Gasteiger partial charge in [-0.15, -0.1) is 10.2 Å². The number of nitrogens with zero attached hydrogens (tertiary/aromatic N) is 3. The molecule has 5 rings (SSSR count). The molecule has 1 atom stereocenters. The first-order valence-corrected chi connectivity index (χ1v) is 15.9. The number of hydrogen-bond acceptors (Lipinski definition) is 9. The molecule has 0 saturated carbocycles. The summed E-state index contributed by atoms with van der Waals surface area (Å²) >= 11 is 2.73. The monoisotopic (exact) mass is 615 g/mol. The molecule has 1 fully saturated rings. The van der Waals surface area contributed by atoms with Gasteiger partial charge in [0.15, 0.2) is 15.8 Å². The molecule has 1 amide bonds. The van der Waals surface area contributed by atoms with Crippen LogP contribution in [0, 0.1) is 6.92 Å². The first-order valence-electron chi connectivity index (χ1n) is 14.1. The minimum atomic E-state index is -0.954. The Kier molecular flexibility index (Phi) is 9.79. The first-order chi connectivity index (χ1) is 20.9. The second-order valence-corrected chi connectivity index (χ2v) is 12.3. The van der Waals surface area contributed by atoms with E-state index in [1.165, 1.54) is 28.0 Å². The highest BCUT2D eigenvalue weighted by molar-refractivity contribution is 8.00. The summed E-state index contributed by atoms with van der Waals surface area (Å²) in [5.41, 5.74) is 3.11. The molecule has 1 unspecified atom stereocenters. The highest BCUT2D eigenvalue weighted by Gasteiger charge is 2.48. The van der Waals surface area contributed by atoms with E-state index in [-0.39, 0.29) is 16.5 Å². The van der Waals surface area contributed by atoms with Crippen molar-refractivity contribution in [3.05, 3.63) is 101 Å². The van der Waals surface area contributed by atoms with Crippen molar-refractivity contribution < 1.29 is 24.2 Å². The van der Waals surface area contributed by atoms with Crippen LogP contribution >= 0.6 is 23.1 Å². The van der Waals surface area contributed by atoms with Gasteiger partial charge in [0.25, 0.3) is 5.78 Å². The lowest BCUT2D eigenvalue weighted by Crippen LogP contribution is -2.29. The predicted molar refractivity (Wildman–Crippen MR) is 170 cm³/mol. The van der Waals surface area contributed by atoms with E-state index in [4.69, 9.17) is 9.47 Å². The van der Waals surface area contributed by atoms with Crippen LogP contribution in [0.15, 0.2) is 82.7 Å². The standard InChI is InChI=1S/C33H33N3O5S2/c1-4-5-9-18-41-25-17-16-24(19-26(25)40-3)28-27(29(37)23-14-12-21(2)13-15-23)30(38)31(39)36(28)32-34-35-33(43-32)42-20-22-10-7-6-8-11-22/h6-8,10-17,19,28,37H,4-5,9,18,20H2,1-3H3/b29-27-. The van der Waals surface area contributed by atoms with E-state index in [9.17, 15) is 14.7 Å². The van der Waals surface area contributed by atoms with E-state index >= 15 is 0 Å². The van der Waals surface area contributed by atoms with Crippen LogP contribution in [0.5, 0.6) is 11.5 Å². The van der Waals surface area contributed by atoms with Crippen molar-refractivity contribution in [2.75, 3.05) is 18.6 Å². The molecule has 8 nitrogen and oxygen atoms in total. The van der Waals surface area contributed by atoms with Gasteiger partial charge in [0, 0.05) is 11.3 Å². The Morgan fingerprint density at radius 2 is 1.77 bits per heavy atom. The summed E-state index contributed by atoms with van der Waals surface area (Å²) in [7, 11) is 1.54. The lowest BCUT2D eigenvalue weighted by molar-refractivity contribution is -0.132. The molecule has 43 heavy (non-hydrogen) atoms. The van der Waals surface area contributed by atoms with Crippen LogP contribution in [-0.2, 0) is 15.3 Å². The van der Waals surface area contributed by atoms with Crippen molar-refractivity contribution in [3.8, 4) is 11.5 Å². The zero-order valence-corrected chi connectivity index (χ0v) is 25.9. The van der Waals surface area contributed by atoms with Crippen molar-refractivity contribution in [2.45, 2.75) is 49.2 Å². The molecule has 1 saturated heterocycles. The summed E-state index contributed by atoms with van der Waals surface area (Å²) in [6.07, 6.45) is 3.05. The molecule has 1 aliphatic rings. The molecule has 0 spiro atoms. The number of ketones is 1. The molecular weight excluding hydrogens is 583 g/mol. The number of carbonyl (C=O) groups is 2. The Morgan fingerprint density at radius 3 is 2.49 bits per heavy atom. The molecule has 222 valence electrons. The number of unbranched alkanes of at least 4 members (excludes halogenated alkanes) is 2. The summed E-state index contributed by atoms with van der Waals surface area (Å²) in [6, 6.07) is 21.5. The summed E-state index contributed by atoms with van der Waals surface area (Å²) < 4.78 is 12.3. The smallest absolute Gasteiger partial charge is 0.301 e. The van der Waals surface area contributed by atoms with Crippen LogP contribution in [0.1, 0.15) is 54.5 Å². The maximum absolute atomic E-state index is 13.6. The Bertz CT molecular complexity index is 1620. The van der Waals surface area contributed by atoms with Gasteiger partial charge >= 0.3 is 5.91 Å². The van der Waals surface area contributed by atoms with Crippen molar-refractivity contribution in [1.29, 1.82) is 0 Å². The van der Waals surface area contributed by atoms with Crippen LogP contribution in [0.2, 0.25) is 0 Å². The fourth-order valence-corrected chi connectivity index (χ4v) is 6.62. The van der Waals surface area contributed by atoms with E-state index in [0.29, 0.717) is 39.3 Å². The van der Waals surface area contributed by atoms with E-state index in [1.54, 1.807) is 37.4 Å². The van der Waals surface area contributed by atoms with E-state index in [2.05, 4.69) is 17.1 Å². The van der Waals surface area contributed by atoms with Crippen LogP contribution < -0.4 is 14.4 Å². The second-order valence-electron chi connectivity index (χ2n) is 10.1. The average molecular weight is 616 g/mol. The molecule has 2 heterocycles. The van der Waals surface area contributed by atoms with E-state index in [1.807, 2.05) is 49.4 Å². The topological polar surface area (TPSA) is 102 Å². The van der Waals surface area contributed by atoms with E-state index < -0.39 is 17.7 Å². The number of anilines is 1. The van der Waals surface area contributed by atoms with Crippen LogP contribution in [0.4, 0.5) is 5.13 Å². The number of amides is 1. The van der Waals surface area contributed by atoms with Crippen LogP contribution in [0.3, 0.4) is 0 Å². The van der Waals surface area contributed by atoms with Gasteiger partial charge < -0.3 is 14.6 Å². The minimum Gasteiger partial charge on any atom is -0.507 e. The third-order valence-electron chi connectivity index (χ3n) is 7.09. The van der Waals surface area contributed by atoms with E-state index in [0.717, 1.165) is 30.4 Å². The summed E-state index contributed by atoms with van der Waals surface area (Å²) in [5.74, 6) is -0.126. The highest BCUT2D eigenvalue weighted by atomic mass is 32.2. The maximum Gasteiger partial charge on any atom is 0.301 e. The van der Waals surface area contributed by atoms with Crippen molar-refractivity contribution in [3.63, 3.8) is 0 Å². The number of rotatable bonds is 12. The molecule has 3 aromatic carbocycles. The molecule has 10 heteroatoms. The molecule has 1 aliphatic heterocycles. The zero-order chi connectivity index (χ0) is 30.3. The lowest BCUT2D eigenvalue weighted by Gasteiger charge is -2.23. The SMILES string of the molecule is CCCCCOc1ccc(C2/C(=C(/O)c3ccc(C)cc3)C(=O)C(=O)N2c2nnc(SCc3ccccc3)s2)cc1OC. The lowest BCUT2D eigenvalue weighted by atomic mass is 9.95. The second kappa shape index (κ2) is 13.9. The number of ether oxygens (including phenoxy) is 2. The Hall–Kier alpha value is -4.15. The van der Waals surface area contributed by atoms with Gasteiger partial charge in [-0.1, -0.05) is 109 Å². The van der Waals surface area contributed by atoms with Crippen molar-refractivity contribution in [2.24, 2.45) is 0 Å². The molecule has 0 radical (unpaired) electrons. The van der Waals surface area contributed by atoms with Crippen LogP contribution in [-0.4, -0.2) is 40.7 Å². The summed E-state index contributed by atoms with van der Waals surface area (Å²) in [6.45, 7) is 4.61. The Balaban J connectivity index is 1.54. The van der Waals surface area contributed by atoms with Gasteiger partial charge in [-0.25, -0.2) is 0 Å². The third-order valence-corrected chi connectivity index (χ3v) is 9.21. The quantitative estimate of drug-likeness (QED) is 0.0441. The Labute approximate surface area is 259 Å². The number of methoxy groups -OCH3 is 1. The molecule has 0 bridgehead atoms. The average Bonchev–Trinajstić information content (AvgIpc) is 3.60. The van der Waals surface area contributed by atoms with Gasteiger partial charge in [0.2, 0.25) is 5.13 Å².